The van der Waals surface area contributed by atoms with Gasteiger partial charge in [-0.15, -0.1) is 0 Å². The number of amidine groups is 1. The van der Waals surface area contributed by atoms with Crippen molar-refractivity contribution in [3.63, 3.8) is 0 Å². The number of rotatable bonds is 2. The second kappa shape index (κ2) is 4.54. The Morgan fingerprint density at radius 3 is 2.70 bits per heavy atom. The van der Waals surface area contributed by atoms with Crippen LogP contribution in [-0.2, 0) is 0 Å². The Morgan fingerprint density at radius 2 is 2.00 bits per heavy atom. The fraction of sp³-hybridized carbons (Fsp3) is 0. The summed E-state index contributed by atoms with van der Waals surface area (Å²) in [5.41, 5.74) is 14.1. The third kappa shape index (κ3) is 1.81. The van der Waals surface area contributed by atoms with E-state index in [0.29, 0.717) is 22.7 Å². The topological polar surface area (TPSA) is 115 Å². The van der Waals surface area contributed by atoms with Gasteiger partial charge in [0, 0.05) is 11.6 Å². The number of benzene rings is 1. The van der Waals surface area contributed by atoms with Crippen LogP contribution >= 0.6 is 0 Å². The van der Waals surface area contributed by atoms with E-state index >= 15 is 0 Å². The van der Waals surface area contributed by atoms with Crippen LogP contribution in [0.5, 0.6) is 0 Å². The van der Waals surface area contributed by atoms with E-state index in [-0.39, 0.29) is 5.84 Å². The number of nitrogen functional groups attached to an aromatic ring is 1. The van der Waals surface area contributed by atoms with E-state index in [9.17, 15) is 0 Å². The Morgan fingerprint density at radius 1 is 1.25 bits per heavy atom. The van der Waals surface area contributed by atoms with Gasteiger partial charge in [-0.2, -0.15) is 9.61 Å². The van der Waals surface area contributed by atoms with Gasteiger partial charge in [-0.05, 0) is 0 Å². The van der Waals surface area contributed by atoms with Crippen LogP contribution in [-0.4, -0.2) is 25.6 Å². The molecule has 5 N–H and O–H groups in total. The van der Waals surface area contributed by atoms with E-state index in [4.69, 9.17) is 16.7 Å². The fourth-order valence-corrected chi connectivity index (χ4v) is 1.98. The number of oxime groups is 1. The Hall–Kier alpha value is -3.09. The molecular weight excluding hydrogens is 256 g/mol. The van der Waals surface area contributed by atoms with E-state index in [1.807, 2.05) is 30.3 Å². The van der Waals surface area contributed by atoms with E-state index in [2.05, 4.69) is 15.2 Å². The summed E-state index contributed by atoms with van der Waals surface area (Å²) in [7, 11) is 0. The van der Waals surface area contributed by atoms with Gasteiger partial charge < -0.3 is 16.7 Å². The van der Waals surface area contributed by atoms with Crippen molar-refractivity contribution in [3.8, 4) is 11.3 Å². The van der Waals surface area contributed by atoms with Crippen LogP contribution < -0.4 is 11.5 Å². The summed E-state index contributed by atoms with van der Waals surface area (Å²) in [5, 5.41) is 15.8. The summed E-state index contributed by atoms with van der Waals surface area (Å²) in [6.07, 6.45) is 1.46. The summed E-state index contributed by atoms with van der Waals surface area (Å²) < 4.78 is 1.44. The van der Waals surface area contributed by atoms with Gasteiger partial charge >= 0.3 is 0 Å². The number of nitrogens with zero attached hydrogens (tertiary/aromatic N) is 4. The second-order valence-corrected chi connectivity index (χ2v) is 4.21. The van der Waals surface area contributed by atoms with E-state index < -0.39 is 0 Å². The van der Waals surface area contributed by atoms with Gasteiger partial charge in [-0.1, -0.05) is 35.5 Å². The Bertz CT molecular complexity index is 793. The van der Waals surface area contributed by atoms with Crippen molar-refractivity contribution in [2.45, 2.75) is 0 Å². The van der Waals surface area contributed by atoms with Gasteiger partial charge in [0.05, 0.1) is 17.5 Å². The third-order valence-electron chi connectivity index (χ3n) is 2.95. The van der Waals surface area contributed by atoms with Crippen LogP contribution in [0, 0.1) is 0 Å². The molecule has 0 aliphatic rings. The minimum atomic E-state index is -0.0582. The van der Waals surface area contributed by atoms with Crippen LogP contribution in [0.15, 0.2) is 47.8 Å². The van der Waals surface area contributed by atoms with Crippen molar-refractivity contribution in [3.05, 3.63) is 48.2 Å². The predicted molar refractivity (Wildman–Crippen MR) is 75.3 cm³/mol. The monoisotopic (exact) mass is 268 g/mol. The van der Waals surface area contributed by atoms with Crippen LogP contribution in [0.4, 0.5) is 5.82 Å². The van der Waals surface area contributed by atoms with Gasteiger partial charge in [0.15, 0.2) is 11.5 Å². The second-order valence-electron chi connectivity index (χ2n) is 4.21. The van der Waals surface area contributed by atoms with Gasteiger partial charge in [-0.3, -0.25) is 0 Å². The molecular formula is C13H12N6O. The maximum atomic E-state index is 8.79. The first-order valence-electron chi connectivity index (χ1n) is 5.88. The first-order valence-corrected chi connectivity index (χ1v) is 5.88. The molecule has 0 radical (unpaired) electrons. The SMILES string of the molecule is N/C(=N\O)c1cnn2c(N)cc(-c3ccccc3)nc12. The van der Waals surface area contributed by atoms with Crippen LogP contribution in [0.3, 0.4) is 0 Å². The summed E-state index contributed by atoms with van der Waals surface area (Å²) in [4.78, 5) is 4.48. The predicted octanol–water partition coefficient (Wildman–Crippen LogP) is 1.07. The molecule has 0 bridgehead atoms. The third-order valence-corrected chi connectivity index (χ3v) is 2.95. The number of hydrogen-bond acceptors (Lipinski definition) is 5. The van der Waals surface area contributed by atoms with Crippen molar-refractivity contribution < 1.29 is 5.21 Å². The molecule has 7 heteroatoms. The van der Waals surface area contributed by atoms with Gasteiger partial charge in [0.1, 0.15) is 5.82 Å². The maximum absolute atomic E-state index is 8.79. The lowest BCUT2D eigenvalue weighted by atomic mass is 10.1. The summed E-state index contributed by atoms with van der Waals surface area (Å²) in [6, 6.07) is 11.3. The van der Waals surface area contributed by atoms with Crippen molar-refractivity contribution in [2.24, 2.45) is 10.9 Å². The molecule has 0 saturated heterocycles. The summed E-state index contributed by atoms with van der Waals surface area (Å²) in [5.74, 6) is 0.364. The lowest BCUT2D eigenvalue weighted by Crippen LogP contribution is -2.13. The molecule has 0 unspecified atom stereocenters. The van der Waals surface area contributed by atoms with Crippen LogP contribution in [0.1, 0.15) is 5.56 Å². The molecule has 0 saturated carbocycles. The highest BCUT2D eigenvalue weighted by Crippen LogP contribution is 2.21. The molecule has 3 aromatic rings. The minimum absolute atomic E-state index is 0.0582. The molecule has 3 rings (SSSR count). The molecule has 0 aliphatic heterocycles. The van der Waals surface area contributed by atoms with Gasteiger partial charge in [0.25, 0.3) is 0 Å². The number of nitrogens with two attached hydrogens (primary N) is 2. The quantitative estimate of drug-likeness (QED) is 0.278. The van der Waals surface area contributed by atoms with Crippen LogP contribution in [0.2, 0.25) is 0 Å². The number of fused-ring (bicyclic) bond motifs is 1. The van der Waals surface area contributed by atoms with Crippen molar-refractivity contribution in [1.82, 2.24) is 14.6 Å². The zero-order chi connectivity index (χ0) is 14.1. The molecule has 1 aromatic carbocycles. The van der Waals surface area contributed by atoms with Crippen LogP contribution in [0.25, 0.3) is 16.9 Å². The average molecular weight is 268 g/mol. The number of anilines is 1. The highest BCUT2D eigenvalue weighted by molar-refractivity contribution is 6.02. The molecule has 0 amide bonds. The van der Waals surface area contributed by atoms with E-state index in [1.54, 1.807) is 6.07 Å². The number of aromatic nitrogens is 3. The van der Waals surface area contributed by atoms with Crippen molar-refractivity contribution in [2.75, 3.05) is 5.73 Å². The van der Waals surface area contributed by atoms with Crippen molar-refractivity contribution >= 4 is 17.3 Å². The molecule has 7 nitrogen and oxygen atoms in total. The lowest BCUT2D eigenvalue weighted by Gasteiger charge is -2.05. The first kappa shape index (κ1) is 12.0. The molecule has 20 heavy (non-hydrogen) atoms. The molecule has 0 spiro atoms. The smallest absolute Gasteiger partial charge is 0.175 e. The van der Waals surface area contributed by atoms with E-state index in [0.717, 1.165) is 5.56 Å². The first-order chi connectivity index (χ1) is 9.70. The molecule has 0 aliphatic carbocycles. The summed E-state index contributed by atoms with van der Waals surface area (Å²) in [6.45, 7) is 0. The molecule has 0 atom stereocenters. The maximum Gasteiger partial charge on any atom is 0.175 e. The Balaban J connectivity index is 2.27. The molecule has 2 aromatic heterocycles. The average Bonchev–Trinajstić information content (AvgIpc) is 2.92. The highest BCUT2D eigenvalue weighted by atomic mass is 16.4. The Kier molecular flexibility index (Phi) is 2.72. The lowest BCUT2D eigenvalue weighted by molar-refractivity contribution is 0.318. The molecule has 0 fully saturated rings. The molecule has 100 valence electrons. The van der Waals surface area contributed by atoms with E-state index in [1.165, 1.54) is 10.7 Å². The standard InChI is InChI=1S/C13H12N6O/c14-11-6-10(8-4-2-1-3-5-8)17-13-9(12(15)18-20)7-16-19(11)13/h1-7,20H,14H2,(H2,15,18). The zero-order valence-corrected chi connectivity index (χ0v) is 10.4. The zero-order valence-electron chi connectivity index (χ0n) is 10.4. The molecule has 2 heterocycles. The number of hydrogen-bond donors (Lipinski definition) is 3. The minimum Gasteiger partial charge on any atom is -0.409 e. The van der Waals surface area contributed by atoms with Gasteiger partial charge in [0.2, 0.25) is 0 Å². The highest BCUT2D eigenvalue weighted by Gasteiger charge is 2.13. The normalized spacial score (nSPS) is 11.9. The Labute approximate surface area is 114 Å². The summed E-state index contributed by atoms with van der Waals surface area (Å²) >= 11 is 0. The fourth-order valence-electron chi connectivity index (χ4n) is 1.98. The van der Waals surface area contributed by atoms with Gasteiger partial charge in [-0.25, -0.2) is 4.98 Å². The van der Waals surface area contributed by atoms with Crippen molar-refractivity contribution in [1.29, 1.82) is 0 Å². The largest absolute Gasteiger partial charge is 0.409 e.